The molecule has 0 bridgehead atoms. The van der Waals surface area contributed by atoms with Gasteiger partial charge in [0.1, 0.15) is 11.5 Å². The third-order valence-electron chi connectivity index (χ3n) is 3.90. The van der Waals surface area contributed by atoms with Gasteiger partial charge in [0, 0.05) is 18.5 Å². The van der Waals surface area contributed by atoms with Crippen molar-refractivity contribution in [2.75, 3.05) is 20.3 Å². The quantitative estimate of drug-likeness (QED) is 0.650. The SMILES string of the molecule is CCOc1ccccc1CCC(=O)OCC(=O)NCc1ccccc1OC. The van der Waals surface area contributed by atoms with E-state index in [-0.39, 0.29) is 18.9 Å². The molecule has 0 radical (unpaired) electrons. The zero-order valence-corrected chi connectivity index (χ0v) is 15.7. The van der Waals surface area contributed by atoms with E-state index in [0.717, 1.165) is 16.9 Å². The van der Waals surface area contributed by atoms with Gasteiger partial charge in [-0.1, -0.05) is 36.4 Å². The van der Waals surface area contributed by atoms with Crippen LogP contribution in [0.15, 0.2) is 48.5 Å². The smallest absolute Gasteiger partial charge is 0.306 e. The van der Waals surface area contributed by atoms with Crippen molar-refractivity contribution in [1.82, 2.24) is 5.32 Å². The molecule has 2 aromatic rings. The van der Waals surface area contributed by atoms with Crippen LogP contribution in [-0.4, -0.2) is 32.2 Å². The summed E-state index contributed by atoms with van der Waals surface area (Å²) >= 11 is 0. The number of esters is 1. The summed E-state index contributed by atoms with van der Waals surface area (Å²) in [5.74, 6) is 0.683. The van der Waals surface area contributed by atoms with E-state index in [4.69, 9.17) is 14.2 Å². The Morgan fingerprint density at radius 3 is 2.33 bits per heavy atom. The third-order valence-corrected chi connectivity index (χ3v) is 3.90. The molecule has 0 aliphatic carbocycles. The van der Waals surface area contributed by atoms with Gasteiger partial charge in [0.15, 0.2) is 6.61 Å². The van der Waals surface area contributed by atoms with Crippen molar-refractivity contribution < 1.29 is 23.8 Å². The molecule has 0 heterocycles. The van der Waals surface area contributed by atoms with Gasteiger partial charge in [-0.05, 0) is 31.0 Å². The van der Waals surface area contributed by atoms with Gasteiger partial charge in [-0.3, -0.25) is 9.59 Å². The van der Waals surface area contributed by atoms with Crippen LogP contribution in [0.5, 0.6) is 11.5 Å². The monoisotopic (exact) mass is 371 g/mol. The van der Waals surface area contributed by atoms with E-state index in [9.17, 15) is 9.59 Å². The topological polar surface area (TPSA) is 73.9 Å². The van der Waals surface area contributed by atoms with Crippen LogP contribution in [-0.2, 0) is 27.3 Å². The molecular weight excluding hydrogens is 346 g/mol. The first-order chi connectivity index (χ1) is 13.1. The summed E-state index contributed by atoms with van der Waals surface area (Å²) in [6, 6.07) is 15.0. The molecule has 0 saturated heterocycles. The highest BCUT2D eigenvalue weighted by atomic mass is 16.5. The number of methoxy groups -OCH3 is 1. The molecule has 0 saturated carbocycles. The first-order valence-corrected chi connectivity index (χ1v) is 8.89. The van der Waals surface area contributed by atoms with E-state index in [0.29, 0.717) is 25.3 Å². The van der Waals surface area contributed by atoms with E-state index in [1.165, 1.54) is 0 Å². The van der Waals surface area contributed by atoms with Gasteiger partial charge in [0.25, 0.3) is 5.91 Å². The normalized spacial score (nSPS) is 10.1. The minimum Gasteiger partial charge on any atom is -0.496 e. The van der Waals surface area contributed by atoms with Crippen LogP contribution >= 0.6 is 0 Å². The molecule has 1 N–H and O–H groups in total. The summed E-state index contributed by atoms with van der Waals surface area (Å²) in [5.41, 5.74) is 1.80. The van der Waals surface area contributed by atoms with Crippen LogP contribution in [0.2, 0.25) is 0 Å². The molecule has 0 spiro atoms. The van der Waals surface area contributed by atoms with Crippen LogP contribution in [0.4, 0.5) is 0 Å². The van der Waals surface area contributed by atoms with Crippen LogP contribution in [0, 0.1) is 0 Å². The highest BCUT2D eigenvalue weighted by Gasteiger charge is 2.11. The molecular formula is C21H25NO5. The number of hydrogen-bond acceptors (Lipinski definition) is 5. The number of rotatable bonds is 10. The predicted octanol–water partition coefficient (Wildman–Crippen LogP) is 2.89. The Morgan fingerprint density at radius 2 is 1.63 bits per heavy atom. The Kier molecular flexibility index (Phi) is 8.16. The molecule has 2 rings (SSSR count). The summed E-state index contributed by atoms with van der Waals surface area (Å²) in [7, 11) is 1.58. The minimum absolute atomic E-state index is 0.184. The molecule has 0 aliphatic heterocycles. The molecule has 0 unspecified atom stereocenters. The lowest BCUT2D eigenvalue weighted by Gasteiger charge is -2.11. The molecule has 6 heteroatoms. The van der Waals surface area contributed by atoms with Gasteiger partial charge in [-0.2, -0.15) is 0 Å². The molecule has 6 nitrogen and oxygen atoms in total. The second-order valence-corrected chi connectivity index (χ2v) is 5.79. The van der Waals surface area contributed by atoms with Crippen molar-refractivity contribution in [3.63, 3.8) is 0 Å². The van der Waals surface area contributed by atoms with Gasteiger partial charge in [0.2, 0.25) is 0 Å². The zero-order chi connectivity index (χ0) is 19.5. The molecule has 2 aromatic carbocycles. The van der Waals surface area contributed by atoms with E-state index in [1.807, 2.05) is 55.5 Å². The molecule has 27 heavy (non-hydrogen) atoms. The average molecular weight is 371 g/mol. The highest BCUT2D eigenvalue weighted by Crippen LogP contribution is 2.19. The Labute approximate surface area is 159 Å². The summed E-state index contributed by atoms with van der Waals surface area (Å²) in [6.07, 6.45) is 0.682. The molecule has 144 valence electrons. The van der Waals surface area contributed by atoms with E-state index < -0.39 is 5.97 Å². The van der Waals surface area contributed by atoms with Crippen molar-refractivity contribution in [2.45, 2.75) is 26.3 Å². The predicted molar refractivity (Wildman–Crippen MR) is 102 cm³/mol. The lowest BCUT2D eigenvalue weighted by Crippen LogP contribution is -2.28. The fourth-order valence-electron chi connectivity index (χ4n) is 2.56. The van der Waals surface area contributed by atoms with Crippen molar-refractivity contribution in [2.24, 2.45) is 0 Å². The molecule has 0 aromatic heterocycles. The maximum Gasteiger partial charge on any atom is 0.306 e. The number of amides is 1. The number of hydrogen-bond donors (Lipinski definition) is 1. The summed E-state index contributed by atoms with van der Waals surface area (Å²) in [5, 5.41) is 2.71. The second-order valence-electron chi connectivity index (χ2n) is 5.79. The van der Waals surface area contributed by atoms with E-state index >= 15 is 0 Å². The lowest BCUT2D eigenvalue weighted by molar-refractivity contribution is -0.148. The summed E-state index contributed by atoms with van der Waals surface area (Å²) < 4.78 is 15.8. The maximum atomic E-state index is 11.9. The van der Waals surface area contributed by atoms with Gasteiger partial charge in [0.05, 0.1) is 13.7 Å². The molecule has 0 aliphatic rings. The number of benzene rings is 2. The van der Waals surface area contributed by atoms with E-state index in [2.05, 4.69) is 5.32 Å². The van der Waals surface area contributed by atoms with Crippen LogP contribution in [0.25, 0.3) is 0 Å². The van der Waals surface area contributed by atoms with Gasteiger partial charge in [-0.15, -0.1) is 0 Å². The van der Waals surface area contributed by atoms with Crippen molar-refractivity contribution in [3.8, 4) is 11.5 Å². The fourth-order valence-corrected chi connectivity index (χ4v) is 2.56. The first kappa shape index (κ1) is 20.3. The lowest BCUT2D eigenvalue weighted by atomic mass is 10.1. The molecule has 0 atom stereocenters. The standard InChI is InChI=1S/C21H25NO5/c1-3-26-19-11-7-4-8-16(19)12-13-21(24)27-15-20(23)22-14-17-9-5-6-10-18(17)25-2/h4-11H,3,12-15H2,1-2H3,(H,22,23). The molecule has 1 amide bonds. The van der Waals surface area contributed by atoms with Crippen LogP contribution in [0.1, 0.15) is 24.5 Å². The van der Waals surface area contributed by atoms with Crippen LogP contribution in [0.3, 0.4) is 0 Å². The average Bonchev–Trinajstić information content (AvgIpc) is 2.70. The number of nitrogens with one attached hydrogen (secondary N) is 1. The van der Waals surface area contributed by atoms with Crippen molar-refractivity contribution in [1.29, 1.82) is 0 Å². The van der Waals surface area contributed by atoms with Gasteiger partial charge < -0.3 is 19.5 Å². The zero-order valence-electron chi connectivity index (χ0n) is 15.7. The molecule has 0 fully saturated rings. The number of carbonyl (C=O) groups is 2. The Balaban J connectivity index is 1.73. The number of ether oxygens (including phenoxy) is 3. The van der Waals surface area contributed by atoms with Gasteiger partial charge >= 0.3 is 5.97 Å². The second kappa shape index (κ2) is 10.9. The maximum absolute atomic E-state index is 11.9. The third kappa shape index (κ3) is 6.66. The van der Waals surface area contributed by atoms with Crippen molar-refractivity contribution in [3.05, 3.63) is 59.7 Å². The van der Waals surface area contributed by atoms with Crippen LogP contribution < -0.4 is 14.8 Å². The Morgan fingerprint density at radius 1 is 0.963 bits per heavy atom. The largest absolute Gasteiger partial charge is 0.496 e. The summed E-state index contributed by atoms with van der Waals surface area (Å²) in [6.45, 7) is 2.48. The highest BCUT2D eigenvalue weighted by molar-refractivity contribution is 5.80. The number of aryl methyl sites for hydroxylation is 1. The fraction of sp³-hybridized carbons (Fsp3) is 0.333. The number of carbonyl (C=O) groups excluding carboxylic acids is 2. The Bertz CT molecular complexity index is 760. The van der Waals surface area contributed by atoms with Gasteiger partial charge in [-0.25, -0.2) is 0 Å². The Hall–Kier alpha value is -3.02. The number of para-hydroxylation sites is 2. The first-order valence-electron chi connectivity index (χ1n) is 8.89. The minimum atomic E-state index is -0.422. The van der Waals surface area contributed by atoms with E-state index in [1.54, 1.807) is 7.11 Å². The van der Waals surface area contributed by atoms with Crippen molar-refractivity contribution >= 4 is 11.9 Å². The summed E-state index contributed by atoms with van der Waals surface area (Å²) in [4.78, 5) is 23.8.